The minimum Gasteiger partial charge on any atom is -0.330 e. The van der Waals surface area contributed by atoms with E-state index in [0.29, 0.717) is 0 Å². The van der Waals surface area contributed by atoms with Gasteiger partial charge in [0.1, 0.15) is 0 Å². The highest BCUT2D eigenvalue weighted by Crippen LogP contribution is 2.37. The number of nitrogens with zero attached hydrogens (tertiary/aromatic N) is 1. The zero-order valence-electron chi connectivity index (χ0n) is 10.5. The fraction of sp³-hybridized carbons (Fsp3) is 1.00. The van der Waals surface area contributed by atoms with Gasteiger partial charge in [0, 0.05) is 6.54 Å². The van der Waals surface area contributed by atoms with Crippen molar-refractivity contribution in [1.29, 1.82) is 0 Å². The van der Waals surface area contributed by atoms with Crippen LogP contribution in [0.1, 0.15) is 45.4 Å². The first kappa shape index (κ1) is 13.0. The largest absolute Gasteiger partial charge is 0.330 e. The van der Waals surface area contributed by atoms with Crippen molar-refractivity contribution in [2.75, 3.05) is 26.7 Å². The summed E-state index contributed by atoms with van der Waals surface area (Å²) in [5.41, 5.74) is 5.46. The van der Waals surface area contributed by atoms with Crippen molar-refractivity contribution in [2.45, 2.75) is 45.4 Å². The Morgan fingerprint density at radius 1 is 1.13 bits per heavy atom. The lowest BCUT2D eigenvalue weighted by molar-refractivity contribution is 0.306. The third-order valence-corrected chi connectivity index (χ3v) is 3.57. The molecule has 1 rings (SSSR count). The topological polar surface area (TPSA) is 29.3 Å². The minimum atomic E-state index is 0.861. The van der Waals surface area contributed by atoms with Gasteiger partial charge in [0.15, 0.2) is 0 Å². The average molecular weight is 212 g/mol. The van der Waals surface area contributed by atoms with Crippen molar-refractivity contribution in [3.8, 4) is 0 Å². The molecule has 0 heterocycles. The zero-order valence-corrected chi connectivity index (χ0v) is 10.5. The third kappa shape index (κ3) is 6.16. The van der Waals surface area contributed by atoms with Crippen LogP contribution >= 0.6 is 0 Å². The van der Waals surface area contributed by atoms with Crippen LogP contribution in [0.2, 0.25) is 0 Å². The highest BCUT2D eigenvalue weighted by atomic mass is 15.1. The molecule has 0 radical (unpaired) electrons. The Morgan fingerprint density at radius 3 is 2.33 bits per heavy atom. The second-order valence-electron chi connectivity index (χ2n) is 5.29. The lowest BCUT2D eigenvalue weighted by atomic mass is 10.1. The summed E-state index contributed by atoms with van der Waals surface area (Å²) in [5, 5.41) is 0. The molecule has 1 fully saturated rings. The average Bonchev–Trinajstić information content (AvgIpc) is 2.88. The molecule has 2 nitrogen and oxygen atoms in total. The maximum absolute atomic E-state index is 5.46. The van der Waals surface area contributed by atoms with Crippen LogP contribution in [-0.2, 0) is 0 Å². The highest BCUT2D eigenvalue weighted by Gasteiger charge is 2.32. The summed E-state index contributed by atoms with van der Waals surface area (Å²) in [6.07, 6.45) is 8.09. The Balaban J connectivity index is 1.82. The van der Waals surface area contributed by atoms with Crippen molar-refractivity contribution in [3.63, 3.8) is 0 Å². The van der Waals surface area contributed by atoms with Gasteiger partial charge in [0.2, 0.25) is 0 Å². The maximum Gasteiger partial charge on any atom is 0.000926 e. The molecule has 2 N–H and O–H groups in total. The van der Waals surface area contributed by atoms with Crippen molar-refractivity contribution in [1.82, 2.24) is 4.90 Å². The number of rotatable bonds is 9. The molecule has 0 saturated heterocycles. The van der Waals surface area contributed by atoms with Gasteiger partial charge in [0.05, 0.1) is 0 Å². The van der Waals surface area contributed by atoms with Gasteiger partial charge >= 0.3 is 0 Å². The second kappa shape index (κ2) is 7.24. The first-order chi connectivity index (χ1) is 7.24. The molecule has 0 spiro atoms. The van der Waals surface area contributed by atoms with E-state index in [-0.39, 0.29) is 0 Å². The van der Waals surface area contributed by atoms with Crippen molar-refractivity contribution in [3.05, 3.63) is 0 Å². The van der Waals surface area contributed by atoms with Crippen LogP contribution in [0.15, 0.2) is 0 Å². The lowest BCUT2D eigenvalue weighted by Crippen LogP contribution is -2.22. The predicted molar refractivity (Wildman–Crippen MR) is 66.9 cm³/mol. The summed E-state index contributed by atoms with van der Waals surface area (Å²) >= 11 is 0. The SMILES string of the molecule is CC1CC1CN(C)CCCCCCCN. The Bertz CT molecular complexity index is 159. The van der Waals surface area contributed by atoms with E-state index in [1.165, 1.54) is 51.6 Å². The molecule has 2 heteroatoms. The van der Waals surface area contributed by atoms with Gasteiger partial charge in [-0.2, -0.15) is 0 Å². The number of hydrogen-bond acceptors (Lipinski definition) is 2. The molecule has 0 aromatic rings. The van der Waals surface area contributed by atoms with E-state index in [9.17, 15) is 0 Å². The monoisotopic (exact) mass is 212 g/mol. The molecule has 0 aromatic carbocycles. The van der Waals surface area contributed by atoms with Crippen LogP contribution < -0.4 is 5.73 Å². The van der Waals surface area contributed by atoms with Crippen LogP contribution in [0.3, 0.4) is 0 Å². The molecule has 1 saturated carbocycles. The molecule has 1 aliphatic rings. The first-order valence-corrected chi connectivity index (χ1v) is 6.62. The Morgan fingerprint density at radius 2 is 1.73 bits per heavy atom. The fourth-order valence-corrected chi connectivity index (χ4v) is 2.20. The number of hydrogen-bond donors (Lipinski definition) is 1. The van der Waals surface area contributed by atoms with Gasteiger partial charge in [-0.05, 0) is 51.2 Å². The van der Waals surface area contributed by atoms with Gasteiger partial charge < -0.3 is 10.6 Å². The van der Waals surface area contributed by atoms with Crippen molar-refractivity contribution < 1.29 is 0 Å². The lowest BCUT2D eigenvalue weighted by Gasteiger charge is -2.16. The molecule has 0 aliphatic heterocycles. The smallest absolute Gasteiger partial charge is 0.000926 e. The van der Waals surface area contributed by atoms with E-state index in [1.807, 2.05) is 0 Å². The van der Waals surface area contributed by atoms with Crippen LogP contribution in [0.4, 0.5) is 0 Å². The van der Waals surface area contributed by atoms with Gasteiger partial charge in [-0.25, -0.2) is 0 Å². The van der Waals surface area contributed by atoms with E-state index >= 15 is 0 Å². The zero-order chi connectivity index (χ0) is 11.1. The van der Waals surface area contributed by atoms with E-state index in [2.05, 4.69) is 18.9 Å². The Hall–Kier alpha value is -0.0800. The molecule has 1 aliphatic carbocycles. The fourth-order valence-electron chi connectivity index (χ4n) is 2.20. The van der Waals surface area contributed by atoms with Gasteiger partial charge in [-0.3, -0.25) is 0 Å². The molecule has 0 aromatic heterocycles. The molecular weight excluding hydrogens is 184 g/mol. The van der Waals surface area contributed by atoms with E-state index < -0.39 is 0 Å². The van der Waals surface area contributed by atoms with Gasteiger partial charge in [0.25, 0.3) is 0 Å². The summed E-state index contributed by atoms with van der Waals surface area (Å²) < 4.78 is 0. The number of unbranched alkanes of at least 4 members (excludes halogenated alkanes) is 4. The van der Waals surface area contributed by atoms with E-state index in [0.717, 1.165) is 18.4 Å². The van der Waals surface area contributed by atoms with Crippen LogP contribution in [0.25, 0.3) is 0 Å². The summed E-state index contributed by atoms with van der Waals surface area (Å²) in [4.78, 5) is 2.51. The quantitative estimate of drug-likeness (QED) is 0.595. The summed E-state index contributed by atoms with van der Waals surface area (Å²) in [5.74, 6) is 2.00. The van der Waals surface area contributed by atoms with Gasteiger partial charge in [-0.1, -0.05) is 26.2 Å². The van der Waals surface area contributed by atoms with Crippen LogP contribution in [0.5, 0.6) is 0 Å². The normalized spacial score (nSPS) is 24.8. The minimum absolute atomic E-state index is 0.861. The molecule has 90 valence electrons. The maximum atomic E-state index is 5.46. The van der Waals surface area contributed by atoms with E-state index in [1.54, 1.807) is 0 Å². The molecule has 15 heavy (non-hydrogen) atoms. The van der Waals surface area contributed by atoms with Crippen molar-refractivity contribution in [2.24, 2.45) is 17.6 Å². The summed E-state index contributed by atoms with van der Waals surface area (Å²) in [7, 11) is 2.27. The predicted octanol–water partition coefficient (Wildman–Crippen LogP) is 2.48. The molecular formula is C13H28N2. The van der Waals surface area contributed by atoms with Crippen LogP contribution in [-0.4, -0.2) is 31.6 Å². The third-order valence-electron chi connectivity index (χ3n) is 3.57. The summed E-state index contributed by atoms with van der Waals surface area (Å²) in [6, 6.07) is 0. The number of nitrogens with two attached hydrogens (primary N) is 1. The first-order valence-electron chi connectivity index (χ1n) is 6.62. The highest BCUT2D eigenvalue weighted by molar-refractivity contribution is 4.84. The Kier molecular flexibility index (Phi) is 6.26. The van der Waals surface area contributed by atoms with Gasteiger partial charge in [-0.15, -0.1) is 0 Å². The Labute approximate surface area is 95.2 Å². The molecule has 2 unspecified atom stereocenters. The van der Waals surface area contributed by atoms with Crippen LogP contribution in [0, 0.1) is 11.8 Å². The molecule has 2 atom stereocenters. The second-order valence-corrected chi connectivity index (χ2v) is 5.29. The molecule has 0 amide bonds. The van der Waals surface area contributed by atoms with Crippen molar-refractivity contribution >= 4 is 0 Å². The van der Waals surface area contributed by atoms with E-state index in [4.69, 9.17) is 5.73 Å². The summed E-state index contributed by atoms with van der Waals surface area (Å²) in [6.45, 7) is 5.83. The molecule has 0 bridgehead atoms. The standard InChI is InChI=1S/C13H28N2/c1-12-10-13(12)11-15(2)9-7-5-3-4-6-8-14/h12-13H,3-11,14H2,1-2H3.